The predicted molar refractivity (Wildman–Crippen MR) is 106 cm³/mol. The Morgan fingerprint density at radius 2 is 1.85 bits per heavy atom. The molecule has 1 amide bonds. The van der Waals surface area contributed by atoms with E-state index < -0.39 is 0 Å². The Morgan fingerprint density at radius 3 is 2.54 bits per heavy atom. The third-order valence-corrected chi connectivity index (χ3v) is 5.10. The van der Waals surface area contributed by atoms with Gasteiger partial charge in [-0.1, -0.05) is 30.0 Å². The molecular formula is C17H24N4O3S2. The number of nitrogens with zero attached hydrogens (tertiary/aromatic N) is 2. The summed E-state index contributed by atoms with van der Waals surface area (Å²) in [6, 6.07) is 7.42. The first-order chi connectivity index (χ1) is 12.7. The number of anilines is 1. The van der Waals surface area contributed by atoms with Crippen LogP contribution in [0.15, 0.2) is 28.6 Å². The molecule has 0 unspecified atom stereocenters. The van der Waals surface area contributed by atoms with Gasteiger partial charge < -0.3 is 20.1 Å². The smallest absolute Gasteiger partial charge is 0.230 e. The molecule has 0 radical (unpaired) electrons. The van der Waals surface area contributed by atoms with Crippen molar-refractivity contribution in [1.82, 2.24) is 15.5 Å². The number of amides is 1. The molecule has 0 aliphatic heterocycles. The maximum atomic E-state index is 11.9. The fraction of sp³-hybridized carbons (Fsp3) is 0.471. The van der Waals surface area contributed by atoms with Gasteiger partial charge in [-0.3, -0.25) is 4.79 Å². The molecule has 142 valence electrons. The first kappa shape index (κ1) is 20.3. The van der Waals surface area contributed by atoms with Crippen LogP contribution >= 0.6 is 23.1 Å². The standard InChI is InChI=1S/C17H24N4O3S2/c1-3-9-19-16-20-21-17(26-16)25-12-15(22)18-10-11-24-14-7-5-13(6-8-14)23-4-2/h5-8H,3-4,9-12H2,1-2H3,(H,18,22)(H,19,20). The molecule has 26 heavy (non-hydrogen) atoms. The van der Waals surface area contributed by atoms with Crippen LogP contribution in [-0.2, 0) is 4.79 Å². The minimum atomic E-state index is -0.0523. The molecule has 7 nitrogen and oxygen atoms in total. The van der Waals surface area contributed by atoms with Gasteiger partial charge in [-0.05, 0) is 37.6 Å². The van der Waals surface area contributed by atoms with E-state index in [1.165, 1.54) is 23.1 Å². The number of thioether (sulfide) groups is 1. The van der Waals surface area contributed by atoms with Gasteiger partial charge in [0.15, 0.2) is 4.34 Å². The minimum Gasteiger partial charge on any atom is -0.494 e. The van der Waals surface area contributed by atoms with Crippen LogP contribution < -0.4 is 20.1 Å². The van der Waals surface area contributed by atoms with Gasteiger partial charge in [-0.2, -0.15) is 0 Å². The number of carbonyl (C=O) groups excluding carboxylic acids is 1. The molecule has 0 aliphatic rings. The zero-order chi connectivity index (χ0) is 18.6. The Morgan fingerprint density at radius 1 is 1.12 bits per heavy atom. The highest BCUT2D eigenvalue weighted by atomic mass is 32.2. The normalized spacial score (nSPS) is 10.4. The lowest BCUT2D eigenvalue weighted by molar-refractivity contribution is -0.118. The summed E-state index contributed by atoms with van der Waals surface area (Å²) in [4.78, 5) is 11.9. The molecule has 1 heterocycles. The number of hydrogen-bond donors (Lipinski definition) is 2. The highest BCUT2D eigenvalue weighted by Crippen LogP contribution is 2.25. The minimum absolute atomic E-state index is 0.0523. The maximum absolute atomic E-state index is 11.9. The van der Waals surface area contributed by atoms with E-state index in [1.54, 1.807) is 0 Å². The van der Waals surface area contributed by atoms with Gasteiger partial charge in [0.25, 0.3) is 0 Å². The second-order valence-corrected chi connectivity index (χ2v) is 7.39. The third kappa shape index (κ3) is 7.49. The summed E-state index contributed by atoms with van der Waals surface area (Å²) in [5.41, 5.74) is 0. The molecule has 0 fully saturated rings. The van der Waals surface area contributed by atoms with Crippen molar-refractivity contribution >= 4 is 34.1 Å². The Labute approximate surface area is 161 Å². The van der Waals surface area contributed by atoms with Crippen molar-refractivity contribution in [1.29, 1.82) is 0 Å². The van der Waals surface area contributed by atoms with E-state index in [1.807, 2.05) is 31.2 Å². The van der Waals surface area contributed by atoms with E-state index in [0.29, 0.717) is 25.5 Å². The Hall–Kier alpha value is -2.00. The van der Waals surface area contributed by atoms with Gasteiger partial charge >= 0.3 is 0 Å². The van der Waals surface area contributed by atoms with E-state index in [2.05, 4.69) is 27.8 Å². The molecule has 0 spiro atoms. The molecule has 0 saturated carbocycles. The molecule has 0 atom stereocenters. The van der Waals surface area contributed by atoms with E-state index >= 15 is 0 Å². The molecule has 2 N–H and O–H groups in total. The highest BCUT2D eigenvalue weighted by molar-refractivity contribution is 8.01. The van der Waals surface area contributed by atoms with Crippen LogP contribution in [0.4, 0.5) is 5.13 Å². The van der Waals surface area contributed by atoms with Crippen molar-refractivity contribution in [2.75, 3.05) is 37.4 Å². The molecule has 2 aromatic rings. The van der Waals surface area contributed by atoms with Crippen molar-refractivity contribution in [3.05, 3.63) is 24.3 Å². The lowest BCUT2D eigenvalue weighted by Crippen LogP contribution is -2.29. The van der Waals surface area contributed by atoms with Gasteiger partial charge in [0.1, 0.15) is 18.1 Å². The van der Waals surface area contributed by atoms with Crippen LogP contribution in [0, 0.1) is 0 Å². The zero-order valence-electron chi connectivity index (χ0n) is 15.0. The topological polar surface area (TPSA) is 85.4 Å². The van der Waals surface area contributed by atoms with Gasteiger partial charge in [0.05, 0.1) is 18.9 Å². The van der Waals surface area contributed by atoms with Crippen molar-refractivity contribution < 1.29 is 14.3 Å². The SMILES string of the molecule is CCCNc1nnc(SCC(=O)NCCOc2ccc(OCC)cc2)s1. The van der Waals surface area contributed by atoms with E-state index in [4.69, 9.17) is 9.47 Å². The average molecular weight is 397 g/mol. The summed E-state index contributed by atoms with van der Waals surface area (Å²) in [6.45, 7) is 6.40. The number of carbonyl (C=O) groups is 1. The lowest BCUT2D eigenvalue weighted by atomic mass is 10.3. The number of benzene rings is 1. The number of rotatable bonds is 12. The zero-order valence-corrected chi connectivity index (χ0v) is 16.6. The fourth-order valence-corrected chi connectivity index (χ4v) is 3.52. The summed E-state index contributed by atoms with van der Waals surface area (Å²) >= 11 is 2.84. The summed E-state index contributed by atoms with van der Waals surface area (Å²) in [6.07, 6.45) is 1.03. The third-order valence-electron chi connectivity index (χ3n) is 3.09. The van der Waals surface area contributed by atoms with Crippen LogP contribution in [0.3, 0.4) is 0 Å². The van der Waals surface area contributed by atoms with Gasteiger partial charge in [0.2, 0.25) is 11.0 Å². The summed E-state index contributed by atoms with van der Waals surface area (Å²) in [5, 5.41) is 14.9. The predicted octanol–water partition coefficient (Wildman–Crippen LogP) is 3.05. The van der Waals surface area contributed by atoms with E-state index in [9.17, 15) is 4.79 Å². The molecule has 1 aromatic carbocycles. The number of nitrogens with one attached hydrogen (secondary N) is 2. The molecule has 1 aromatic heterocycles. The number of hydrogen-bond acceptors (Lipinski definition) is 8. The monoisotopic (exact) mass is 396 g/mol. The second-order valence-electron chi connectivity index (χ2n) is 5.19. The molecule has 2 rings (SSSR count). The largest absolute Gasteiger partial charge is 0.494 e. The van der Waals surface area contributed by atoms with Crippen molar-refractivity contribution in [2.45, 2.75) is 24.6 Å². The Bertz CT molecular complexity index is 664. The van der Waals surface area contributed by atoms with Crippen LogP contribution in [0.2, 0.25) is 0 Å². The van der Waals surface area contributed by atoms with E-state index in [0.717, 1.165) is 33.9 Å². The molecule has 0 bridgehead atoms. The summed E-state index contributed by atoms with van der Waals surface area (Å²) < 4.78 is 11.7. The van der Waals surface area contributed by atoms with Crippen molar-refractivity contribution in [3.8, 4) is 11.5 Å². The van der Waals surface area contributed by atoms with Crippen LogP contribution in [0.1, 0.15) is 20.3 Å². The van der Waals surface area contributed by atoms with Gasteiger partial charge in [-0.15, -0.1) is 10.2 Å². The van der Waals surface area contributed by atoms with Gasteiger partial charge in [0, 0.05) is 6.54 Å². The maximum Gasteiger partial charge on any atom is 0.230 e. The molecule has 9 heteroatoms. The Balaban J connectivity index is 1.59. The van der Waals surface area contributed by atoms with Crippen LogP contribution in [0.5, 0.6) is 11.5 Å². The lowest BCUT2D eigenvalue weighted by Gasteiger charge is -2.08. The summed E-state index contributed by atoms with van der Waals surface area (Å²) in [7, 11) is 0. The van der Waals surface area contributed by atoms with Crippen molar-refractivity contribution in [3.63, 3.8) is 0 Å². The van der Waals surface area contributed by atoms with Crippen LogP contribution in [-0.4, -0.2) is 48.2 Å². The molecular weight excluding hydrogens is 372 g/mol. The quantitative estimate of drug-likeness (QED) is 0.421. The molecule has 0 aliphatic carbocycles. The highest BCUT2D eigenvalue weighted by Gasteiger charge is 2.07. The first-order valence-electron chi connectivity index (χ1n) is 8.53. The molecule has 0 saturated heterocycles. The fourth-order valence-electron chi connectivity index (χ4n) is 1.91. The van der Waals surface area contributed by atoms with Crippen molar-refractivity contribution in [2.24, 2.45) is 0 Å². The second kappa shape index (κ2) is 11.6. The van der Waals surface area contributed by atoms with E-state index in [-0.39, 0.29) is 5.91 Å². The Kier molecular flexibility index (Phi) is 9.05. The van der Waals surface area contributed by atoms with Crippen LogP contribution in [0.25, 0.3) is 0 Å². The van der Waals surface area contributed by atoms with Gasteiger partial charge in [-0.25, -0.2) is 0 Å². The summed E-state index contributed by atoms with van der Waals surface area (Å²) in [5.74, 6) is 1.82. The average Bonchev–Trinajstić information content (AvgIpc) is 3.11. The first-order valence-corrected chi connectivity index (χ1v) is 10.3. The number of aromatic nitrogens is 2. The number of ether oxygens (including phenoxy) is 2.